The first kappa shape index (κ1) is 13.7. The SMILES string of the molecule is Cc1ccc2cc(C(=O)CCC(C)CN)ccc2n1. The summed E-state index contributed by atoms with van der Waals surface area (Å²) in [7, 11) is 0. The molecule has 0 saturated carbocycles. The van der Waals surface area contributed by atoms with Gasteiger partial charge >= 0.3 is 0 Å². The average Bonchev–Trinajstić information content (AvgIpc) is 2.43. The molecule has 0 aliphatic heterocycles. The van der Waals surface area contributed by atoms with Gasteiger partial charge < -0.3 is 5.73 Å². The van der Waals surface area contributed by atoms with Gasteiger partial charge in [0.05, 0.1) is 5.52 Å². The van der Waals surface area contributed by atoms with Gasteiger partial charge in [-0.25, -0.2) is 0 Å². The predicted octanol–water partition coefficient (Wildman–Crippen LogP) is 3.10. The van der Waals surface area contributed by atoms with Crippen LogP contribution in [0, 0.1) is 12.8 Å². The number of benzene rings is 1. The Labute approximate surface area is 113 Å². The van der Waals surface area contributed by atoms with Crippen LogP contribution in [-0.4, -0.2) is 17.3 Å². The van der Waals surface area contributed by atoms with Gasteiger partial charge in [0.15, 0.2) is 5.78 Å². The van der Waals surface area contributed by atoms with E-state index in [1.807, 2.05) is 37.3 Å². The summed E-state index contributed by atoms with van der Waals surface area (Å²) in [4.78, 5) is 16.6. The molecule has 1 aromatic heterocycles. The minimum atomic E-state index is 0.183. The van der Waals surface area contributed by atoms with E-state index in [1.165, 1.54) is 0 Å². The lowest BCUT2D eigenvalue weighted by atomic mass is 9.99. The monoisotopic (exact) mass is 256 g/mol. The molecule has 0 amide bonds. The zero-order chi connectivity index (χ0) is 13.8. The number of aryl methyl sites for hydroxylation is 1. The van der Waals surface area contributed by atoms with Gasteiger partial charge in [-0.2, -0.15) is 0 Å². The number of nitrogens with zero attached hydrogens (tertiary/aromatic N) is 1. The van der Waals surface area contributed by atoms with Crippen LogP contribution in [0.5, 0.6) is 0 Å². The van der Waals surface area contributed by atoms with Crippen molar-refractivity contribution in [3.05, 3.63) is 41.6 Å². The molecule has 19 heavy (non-hydrogen) atoms. The van der Waals surface area contributed by atoms with E-state index in [0.29, 0.717) is 18.9 Å². The largest absolute Gasteiger partial charge is 0.330 e. The molecule has 0 fully saturated rings. The Morgan fingerprint density at radius 1 is 1.32 bits per heavy atom. The number of Topliss-reactive ketones (excluding diaryl/α,β-unsaturated/α-hetero) is 1. The number of carbonyl (C=O) groups is 1. The fourth-order valence-electron chi connectivity index (χ4n) is 2.04. The Morgan fingerprint density at radius 3 is 2.84 bits per heavy atom. The van der Waals surface area contributed by atoms with Crippen molar-refractivity contribution in [1.29, 1.82) is 0 Å². The van der Waals surface area contributed by atoms with E-state index in [1.54, 1.807) is 0 Å². The minimum absolute atomic E-state index is 0.183. The quantitative estimate of drug-likeness (QED) is 0.836. The number of fused-ring (bicyclic) bond motifs is 1. The normalized spacial score (nSPS) is 12.6. The summed E-state index contributed by atoms with van der Waals surface area (Å²) in [5.74, 6) is 0.580. The van der Waals surface area contributed by atoms with Gasteiger partial charge in [0.2, 0.25) is 0 Å². The van der Waals surface area contributed by atoms with Gasteiger partial charge in [0.1, 0.15) is 0 Å². The summed E-state index contributed by atoms with van der Waals surface area (Å²) in [6.45, 7) is 4.67. The molecule has 3 heteroatoms. The summed E-state index contributed by atoms with van der Waals surface area (Å²) in [6, 6.07) is 9.69. The first-order chi connectivity index (χ1) is 9.10. The van der Waals surface area contributed by atoms with E-state index in [0.717, 1.165) is 28.6 Å². The molecule has 0 spiro atoms. The predicted molar refractivity (Wildman–Crippen MR) is 78.3 cm³/mol. The highest BCUT2D eigenvalue weighted by Gasteiger charge is 2.09. The van der Waals surface area contributed by atoms with Crippen LogP contribution < -0.4 is 5.73 Å². The van der Waals surface area contributed by atoms with E-state index in [-0.39, 0.29) is 5.78 Å². The zero-order valence-electron chi connectivity index (χ0n) is 11.5. The molecular formula is C16H20N2O. The lowest BCUT2D eigenvalue weighted by Gasteiger charge is -2.07. The zero-order valence-corrected chi connectivity index (χ0v) is 11.5. The van der Waals surface area contributed by atoms with Gasteiger partial charge in [-0.15, -0.1) is 0 Å². The maximum absolute atomic E-state index is 12.1. The summed E-state index contributed by atoms with van der Waals surface area (Å²) in [6.07, 6.45) is 1.41. The van der Waals surface area contributed by atoms with Crippen molar-refractivity contribution in [3.63, 3.8) is 0 Å². The molecule has 0 saturated heterocycles. The third-order valence-electron chi connectivity index (χ3n) is 3.42. The second-order valence-corrected chi connectivity index (χ2v) is 5.16. The summed E-state index contributed by atoms with van der Waals surface area (Å²) in [5.41, 5.74) is 8.26. The first-order valence-corrected chi connectivity index (χ1v) is 6.71. The summed E-state index contributed by atoms with van der Waals surface area (Å²) >= 11 is 0. The maximum Gasteiger partial charge on any atom is 0.162 e. The van der Waals surface area contributed by atoms with E-state index in [2.05, 4.69) is 11.9 Å². The van der Waals surface area contributed by atoms with Crippen LogP contribution in [-0.2, 0) is 0 Å². The molecule has 1 atom stereocenters. The molecule has 100 valence electrons. The molecule has 0 bridgehead atoms. The number of hydrogen-bond acceptors (Lipinski definition) is 3. The standard InChI is InChI=1S/C16H20N2O/c1-11(10-17)3-8-16(19)14-6-7-15-13(9-14)5-4-12(2)18-15/h4-7,9,11H,3,8,10,17H2,1-2H3. The Balaban J connectivity index is 2.16. The van der Waals surface area contributed by atoms with Gasteiger partial charge in [-0.1, -0.05) is 13.0 Å². The molecule has 2 N–H and O–H groups in total. The lowest BCUT2D eigenvalue weighted by molar-refractivity contribution is 0.0975. The van der Waals surface area contributed by atoms with Crippen LogP contribution in [0.4, 0.5) is 0 Å². The molecule has 0 radical (unpaired) electrons. The Morgan fingerprint density at radius 2 is 2.11 bits per heavy atom. The molecule has 0 aliphatic carbocycles. The Kier molecular flexibility index (Phi) is 4.27. The number of rotatable bonds is 5. The van der Waals surface area contributed by atoms with Crippen LogP contribution in [0.2, 0.25) is 0 Å². The number of pyridine rings is 1. The van der Waals surface area contributed by atoms with Crippen molar-refractivity contribution in [1.82, 2.24) is 4.98 Å². The highest BCUT2D eigenvalue weighted by Crippen LogP contribution is 2.17. The van der Waals surface area contributed by atoms with Crippen molar-refractivity contribution < 1.29 is 4.79 Å². The fraction of sp³-hybridized carbons (Fsp3) is 0.375. The van der Waals surface area contributed by atoms with Crippen LogP contribution in [0.25, 0.3) is 10.9 Å². The van der Waals surface area contributed by atoms with Crippen LogP contribution in [0.3, 0.4) is 0 Å². The minimum Gasteiger partial charge on any atom is -0.330 e. The molecule has 1 aromatic carbocycles. The lowest BCUT2D eigenvalue weighted by Crippen LogP contribution is -2.12. The summed E-state index contributed by atoms with van der Waals surface area (Å²) < 4.78 is 0. The van der Waals surface area contributed by atoms with Crippen molar-refractivity contribution in [2.75, 3.05) is 6.54 Å². The van der Waals surface area contributed by atoms with E-state index >= 15 is 0 Å². The fourth-order valence-corrected chi connectivity index (χ4v) is 2.04. The highest BCUT2D eigenvalue weighted by molar-refractivity contribution is 5.99. The van der Waals surface area contributed by atoms with E-state index in [9.17, 15) is 4.79 Å². The summed E-state index contributed by atoms with van der Waals surface area (Å²) in [5, 5.41) is 1.02. The average molecular weight is 256 g/mol. The van der Waals surface area contributed by atoms with Gasteiger partial charge in [-0.3, -0.25) is 9.78 Å². The number of nitrogens with two attached hydrogens (primary N) is 1. The third kappa shape index (κ3) is 3.38. The van der Waals surface area contributed by atoms with Crippen molar-refractivity contribution in [3.8, 4) is 0 Å². The maximum atomic E-state index is 12.1. The number of ketones is 1. The van der Waals surface area contributed by atoms with Crippen LogP contribution >= 0.6 is 0 Å². The van der Waals surface area contributed by atoms with E-state index in [4.69, 9.17) is 5.73 Å². The molecular weight excluding hydrogens is 236 g/mol. The second-order valence-electron chi connectivity index (χ2n) is 5.16. The van der Waals surface area contributed by atoms with Crippen molar-refractivity contribution >= 4 is 16.7 Å². The number of hydrogen-bond donors (Lipinski definition) is 1. The van der Waals surface area contributed by atoms with Crippen molar-refractivity contribution in [2.24, 2.45) is 11.7 Å². The molecule has 2 aromatic rings. The molecule has 0 aliphatic rings. The molecule has 1 unspecified atom stereocenters. The molecule has 1 heterocycles. The van der Waals surface area contributed by atoms with Gasteiger partial charge in [0.25, 0.3) is 0 Å². The first-order valence-electron chi connectivity index (χ1n) is 6.71. The number of aromatic nitrogens is 1. The number of carbonyl (C=O) groups excluding carboxylic acids is 1. The third-order valence-corrected chi connectivity index (χ3v) is 3.42. The topological polar surface area (TPSA) is 56.0 Å². The van der Waals surface area contributed by atoms with Gasteiger partial charge in [-0.05, 0) is 50.1 Å². The molecule has 2 rings (SSSR count). The van der Waals surface area contributed by atoms with Gasteiger partial charge in [0, 0.05) is 23.1 Å². The second kappa shape index (κ2) is 5.93. The van der Waals surface area contributed by atoms with Crippen LogP contribution in [0.15, 0.2) is 30.3 Å². The van der Waals surface area contributed by atoms with E-state index < -0.39 is 0 Å². The van der Waals surface area contributed by atoms with Crippen molar-refractivity contribution in [2.45, 2.75) is 26.7 Å². The smallest absolute Gasteiger partial charge is 0.162 e. The Hall–Kier alpha value is -1.74. The Bertz CT molecular complexity index is 592. The van der Waals surface area contributed by atoms with Crippen LogP contribution in [0.1, 0.15) is 35.8 Å². The highest BCUT2D eigenvalue weighted by atomic mass is 16.1. The molecule has 3 nitrogen and oxygen atoms in total.